The van der Waals surface area contributed by atoms with Crippen LogP contribution in [0.4, 0.5) is 0 Å². The van der Waals surface area contributed by atoms with Gasteiger partial charge in [0.2, 0.25) is 10.0 Å². The number of benzene rings is 1. The number of H-pyrrole nitrogens is 1. The van der Waals surface area contributed by atoms with E-state index in [2.05, 4.69) is 14.9 Å². The fourth-order valence-electron chi connectivity index (χ4n) is 1.97. The van der Waals surface area contributed by atoms with Gasteiger partial charge in [-0.15, -0.1) is 0 Å². The van der Waals surface area contributed by atoms with Crippen molar-refractivity contribution in [3.63, 3.8) is 0 Å². The van der Waals surface area contributed by atoms with E-state index in [1.165, 1.54) is 19.1 Å². The maximum Gasteiger partial charge on any atom is 0.240 e. The molecule has 0 unspecified atom stereocenters. The fourth-order valence-corrected chi connectivity index (χ4v) is 3.01. The summed E-state index contributed by atoms with van der Waals surface area (Å²) < 4.78 is 27.1. The second-order valence-corrected chi connectivity index (χ2v) is 6.59. The number of carbonyl (C=O) groups excluding carboxylic acids is 1. The Labute approximate surface area is 123 Å². The Kier molecular flexibility index (Phi) is 4.24. The summed E-state index contributed by atoms with van der Waals surface area (Å²) in [6, 6.07) is 5.98. The molecule has 7 heteroatoms. The van der Waals surface area contributed by atoms with E-state index in [1.807, 2.05) is 13.8 Å². The lowest BCUT2D eigenvalue weighted by molar-refractivity contribution is 0.101. The number of nitrogens with one attached hydrogen (secondary N) is 2. The van der Waals surface area contributed by atoms with Crippen LogP contribution in [0.3, 0.4) is 0 Å². The number of carbonyl (C=O) groups is 1. The van der Waals surface area contributed by atoms with E-state index in [0.717, 1.165) is 17.0 Å². The molecule has 0 fully saturated rings. The minimum Gasteiger partial charge on any atom is -0.295 e. The normalized spacial score (nSPS) is 11.6. The van der Waals surface area contributed by atoms with Gasteiger partial charge in [0, 0.05) is 23.4 Å². The van der Waals surface area contributed by atoms with Crippen LogP contribution in [0.1, 0.15) is 34.2 Å². The van der Waals surface area contributed by atoms with Crippen molar-refractivity contribution in [2.45, 2.75) is 32.2 Å². The summed E-state index contributed by atoms with van der Waals surface area (Å²) in [6.45, 7) is 5.20. The van der Waals surface area contributed by atoms with Crippen molar-refractivity contribution in [1.82, 2.24) is 14.9 Å². The second-order valence-electron chi connectivity index (χ2n) is 4.82. The molecule has 0 radical (unpaired) electrons. The molecule has 0 aliphatic carbocycles. The SMILES string of the molecule is CC(=O)c1cccc(S(=O)(=O)NCc2c(C)n[nH]c2C)c1. The number of aromatic amines is 1. The summed E-state index contributed by atoms with van der Waals surface area (Å²) in [7, 11) is -3.67. The highest BCUT2D eigenvalue weighted by molar-refractivity contribution is 7.89. The molecule has 2 aromatic rings. The first-order valence-corrected chi connectivity index (χ1v) is 7.90. The Morgan fingerprint density at radius 2 is 2.05 bits per heavy atom. The molecule has 0 saturated heterocycles. The van der Waals surface area contributed by atoms with E-state index < -0.39 is 10.0 Å². The maximum absolute atomic E-state index is 12.3. The number of aryl methyl sites for hydroxylation is 2. The number of hydrogen-bond acceptors (Lipinski definition) is 4. The topological polar surface area (TPSA) is 91.9 Å². The summed E-state index contributed by atoms with van der Waals surface area (Å²) in [5.41, 5.74) is 2.77. The number of ketones is 1. The van der Waals surface area contributed by atoms with E-state index in [4.69, 9.17) is 0 Å². The molecular formula is C14H17N3O3S. The molecule has 6 nitrogen and oxygen atoms in total. The first-order chi connectivity index (χ1) is 9.81. The summed E-state index contributed by atoms with van der Waals surface area (Å²) in [5.74, 6) is -0.173. The third-order valence-electron chi connectivity index (χ3n) is 3.27. The van der Waals surface area contributed by atoms with Crippen molar-refractivity contribution < 1.29 is 13.2 Å². The van der Waals surface area contributed by atoms with Gasteiger partial charge in [0.25, 0.3) is 0 Å². The van der Waals surface area contributed by atoms with Crippen molar-refractivity contribution in [3.05, 3.63) is 46.8 Å². The van der Waals surface area contributed by atoms with Crippen LogP contribution in [0.25, 0.3) is 0 Å². The molecule has 0 aliphatic heterocycles. The van der Waals surface area contributed by atoms with E-state index in [-0.39, 0.29) is 17.2 Å². The molecule has 0 atom stereocenters. The quantitative estimate of drug-likeness (QED) is 0.823. The smallest absolute Gasteiger partial charge is 0.240 e. The number of nitrogens with zero attached hydrogens (tertiary/aromatic N) is 1. The standard InChI is InChI=1S/C14H17N3O3S/c1-9-14(10(2)17-16-9)8-15-21(19,20)13-6-4-5-12(7-13)11(3)18/h4-7,15H,8H2,1-3H3,(H,16,17). The lowest BCUT2D eigenvalue weighted by Gasteiger charge is -2.08. The summed E-state index contributed by atoms with van der Waals surface area (Å²) in [6.07, 6.45) is 0. The average molecular weight is 307 g/mol. The van der Waals surface area contributed by atoms with Crippen LogP contribution in [-0.2, 0) is 16.6 Å². The summed E-state index contributed by atoms with van der Waals surface area (Å²) in [4.78, 5) is 11.4. The van der Waals surface area contributed by atoms with Gasteiger partial charge in [-0.25, -0.2) is 13.1 Å². The van der Waals surface area contributed by atoms with Gasteiger partial charge in [0.05, 0.1) is 10.6 Å². The molecule has 1 aromatic carbocycles. The fraction of sp³-hybridized carbons (Fsp3) is 0.286. The number of sulfonamides is 1. The Hall–Kier alpha value is -1.99. The zero-order valence-electron chi connectivity index (χ0n) is 12.1. The van der Waals surface area contributed by atoms with E-state index in [1.54, 1.807) is 12.1 Å². The molecular weight excluding hydrogens is 290 g/mol. The first kappa shape index (κ1) is 15.4. The van der Waals surface area contributed by atoms with Gasteiger partial charge in [-0.3, -0.25) is 9.89 Å². The number of aromatic nitrogens is 2. The van der Waals surface area contributed by atoms with Crippen molar-refractivity contribution in [1.29, 1.82) is 0 Å². The lowest BCUT2D eigenvalue weighted by atomic mass is 10.2. The summed E-state index contributed by atoms with van der Waals surface area (Å²) in [5, 5.41) is 6.83. The predicted octanol–water partition coefficient (Wildman–Crippen LogP) is 1.71. The van der Waals surface area contributed by atoms with Crippen molar-refractivity contribution >= 4 is 15.8 Å². The Balaban J connectivity index is 2.23. The summed E-state index contributed by atoms with van der Waals surface area (Å²) >= 11 is 0. The Morgan fingerprint density at radius 3 is 2.62 bits per heavy atom. The second kappa shape index (κ2) is 5.79. The molecule has 2 N–H and O–H groups in total. The van der Waals surface area contributed by atoms with E-state index in [0.29, 0.717) is 5.56 Å². The molecule has 0 bridgehead atoms. The predicted molar refractivity (Wildman–Crippen MR) is 78.5 cm³/mol. The number of Topliss-reactive ketones (excluding diaryl/α,β-unsaturated/α-hetero) is 1. The van der Waals surface area contributed by atoms with Crippen LogP contribution in [0, 0.1) is 13.8 Å². The van der Waals surface area contributed by atoms with Gasteiger partial charge >= 0.3 is 0 Å². The monoisotopic (exact) mass is 307 g/mol. The van der Waals surface area contributed by atoms with Crippen molar-refractivity contribution in [2.24, 2.45) is 0 Å². The van der Waals surface area contributed by atoms with Gasteiger partial charge in [0.15, 0.2) is 5.78 Å². The molecule has 0 spiro atoms. The van der Waals surface area contributed by atoms with Crippen LogP contribution < -0.4 is 4.72 Å². The molecule has 1 heterocycles. The third-order valence-corrected chi connectivity index (χ3v) is 4.67. The molecule has 0 amide bonds. The van der Waals surface area contributed by atoms with Gasteiger partial charge in [0.1, 0.15) is 0 Å². The molecule has 1 aromatic heterocycles. The van der Waals surface area contributed by atoms with Gasteiger partial charge in [-0.1, -0.05) is 12.1 Å². The van der Waals surface area contributed by atoms with Crippen LogP contribution in [-0.4, -0.2) is 24.4 Å². The van der Waals surface area contributed by atoms with Crippen molar-refractivity contribution in [3.8, 4) is 0 Å². The van der Waals surface area contributed by atoms with Crippen molar-refractivity contribution in [2.75, 3.05) is 0 Å². The highest BCUT2D eigenvalue weighted by atomic mass is 32.2. The minimum atomic E-state index is -3.67. The van der Waals surface area contributed by atoms with E-state index in [9.17, 15) is 13.2 Å². The average Bonchev–Trinajstić information content (AvgIpc) is 2.76. The minimum absolute atomic E-state index is 0.0778. The Bertz CT molecular complexity index is 759. The van der Waals surface area contributed by atoms with Gasteiger partial charge in [-0.05, 0) is 32.9 Å². The molecule has 2 rings (SSSR count). The lowest BCUT2D eigenvalue weighted by Crippen LogP contribution is -2.24. The van der Waals surface area contributed by atoms with Crippen LogP contribution in [0.15, 0.2) is 29.2 Å². The molecule has 112 valence electrons. The zero-order valence-corrected chi connectivity index (χ0v) is 12.9. The highest BCUT2D eigenvalue weighted by Gasteiger charge is 2.16. The largest absolute Gasteiger partial charge is 0.295 e. The molecule has 0 saturated carbocycles. The van der Waals surface area contributed by atoms with Crippen LogP contribution in [0.2, 0.25) is 0 Å². The maximum atomic E-state index is 12.3. The van der Waals surface area contributed by atoms with Crippen LogP contribution in [0.5, 0.6) is 0 Å². The molecule has 0 aliphatic rings. The first-order valence-electron chi connectivity index (χ1n) is 6.42. The van der Waals surface area contributed by atoms with Gasteiger partial charge in [-0.2, -0.15) is 5.10 Å². The molecule has 21 heavy (non-hydrogen) atoms. The zero-order chi connectivity index (χ0) is 15.6. The third kappa shape index (κ3) is 3.37. The Morgan fingerprint density at radius 1 is 1.33 bits per heavy atom. The number of hydrogen-bond donors (Lipinski definition) is 2. The van der Waals surface area contributed by atoms with E-state index >= 15 is 0 Å². The highest BCUT2D eigenvalue weighted by Crippen LogP contribution is 2.14. The van der Waals surface area contributed by atoms with Crippen LogP contribution >= 0.6 is 0 Å². The number of rotatable bonds is 5. The van der Waals surface area contributed by atoms with Gasteiger partial charge < -0.3 is 0 Å².